The summed E-state index contributed by atoms with van der Waals surface area (Å²) in [7, 11) is 1.64. The molecule has 3 aromatic rings. The molecule has 7 nitrogen and oxygen atoms in total. The van der Waals surface area contributed by atoms with E-state index in [0.717, 1.165) is 6.20 Å². The van der Waals surface area contributed by atoms with Gasteiger partial charge in [-0.15, -0.1) is 0 Å². The van der Waals surface area contributed by atoms with Gasteiger partial charge >= 0.3 is 0 Å². The molecule has 1 amide bonds. The summed E-state index contributed by atoms with van der Waals surface area (Å²) >= 11 is 0. The van der Waals surface area contributed by atoms with Gasteiger partial charge in [0.2, 0.25) is 0 Å². The van der Waals surface area contributed by atoms with Gasteiger partial charge in [-0.2, -0.15) is 5.10 Å². The quantitative estimate of drug-likeness (QED) is 0.713. The van der Waals surface area contributed by atoms with Gasteiger partial charge in [-0.25, -0.2) is 14.4 Å². The molecule has 0 aliphatic rings. The van der Waals surface area contributed by atoms with Crippen molar-refractivity contribution in [3.8, 4) is 11.3 Å². The highest BCUT2D eigenvalue weighted by atomic mass is 19.1. The van der Waals surface area contributed by atoms with Crippen molar-refractivity contribution in [2.45, 2.75) is 6.54 Å². The molecule has 0 bridgehead atoms. The van der Waals surface area contributed by atoms with Crippen LogP contribution in [-0.2, 0) is 13.6 Å². The average Bonchev–Trinajstić information content (AvgIpc) is 3.02. The second-order valence-corrected chi connectivity index (χ2v) is 5.21. The van der Waals surface area contributed by atoms with E-state index < -0.39 is 5.82 Å². The van der Waals surface area contributed by atoms with E-state index in [4.69, 9.17) is 0 Å². The molecule has 0 saturated carbocycles. The lowest BCUT2D eigenvalue weighted by Crippen LogP contribution is -2.27. The second kappa shape index (κ2) is 7.00. The highest BCUT2D eigenvalue weighted by Crippen LogP contribution is 2.20. The Morgan fingerprint density at radius 2 is 2.08 bits per heavy atom. The smallest absolute Gasteiger partial charge is 0.276 e. The molecule has 3 rings (SSSR count). The van der Waals surface area contributed by atoms with E-state index in [0.29, 0.717) is 22.8 Å². The summed E-state index contributed by atoms with van der Waals surface area (Å²) < 4.78 is 14.8. The van der Waals surface area contributed by atoms with E-state index in [-0.39, 0.29) is 12.5 Å². The van der Waals surface area contributed by atoms with Crippen LogP contribution in [0.4, 0.5) is 4.39 Å². The van der Waals surface area contributed by atoms with Gasteiger partial charge in [0.15, 0.2) is 0 Å². The fourth-order valence-electron chi connectivity index (χ4n) is 2.29. The fourth-order valence-corrected chi connectivity index (χ4v) is 2.29. The van der Waals surface area contributed by atoms with Gasteiger partial charge in [-0.05, 0) is 18.2 Å². The number of hydrogen-bond acceptors (Lipinski definition) is 5. The standard InChI is InChI=1S/C17H15FN6O/c1-3-24(11-16-20-5-4-6-21-16)17(25)15-8-14(22-23(15)2)12-7-13(18)10-19-9-12/h3-10H,1,11H2,2H3. The number of amides is 1. The van der Waals surface area contributed by atoms with Crippen LogP contribution in [0.2, 0.25) is 0 Å². The highest BCUT2D eigenvalue weighted by Gasteiger charge is 2.20. The summed E-state index contributed by atoms with van der Waals surface area (Å²) in [6.45, 7) is 3.86. The van der Waals surface area contributed by atoms with Crippen molar-refractivity contribution in [2.75, 3.05) is 0 Å². The SMILES string of the molecule is C=CN(Cc1ncccn1)C(=O)c1cc(-c2cncc(F)c2)nn1C. The van der Waals surface area contributed by atoms with E-state index >= 15 is 0 Å². The second-order valence-electron chi connectivity index (χ2n) is 5.21. The number of aromatic nitrogens is 5. The molecule has 0 aliphatic heterocycles. The van der Waals surface area contributed by atoms with Gasteiger partial charge < -0.3 is 4.90 Å². The first-order valence-electron chi connectivity index (χ1n) is 7.43. The van der Waals surface area contributed by atoms with Crippen molar-refractivity contribution in [3.05, 3.63) is 73.1 Å². The molecular formula is C17H15FN6O. The largest absolute Gasteiger partial charge is 0.307 e. The Morgan fingerprint density at radius 1 is 1.32 bits per heavy atom. The molecule has 0 unspecified atom stereocenters. The van der Waals surface area contributed by atoms with Crippen molar-refractivity contribution in [3.63, 3.8) is 0 Å². The lowest BCUT2D eigenvalue weighted by molar-refractivity contribution is 0.0800. The Hall–Kier alpha value is -3.42. The Bertz CT molecular complexity index is 909. The molecule has 0 radical (unpaired) electrons. The molecular weight excluding hydrogens is 323 g/mol. The van der Waals surface area contributed by atoms with Crippen molar-refractivity contribution in [1.82, 2.24) is 29.6 Å². The molecule has 126 valence electrons. The van der Waals surface area contributed by atoms with Gasteiger partial charge in [0.05, 0.1) is 18.4 Å². The van der Waals surface area contributed by atoms with E-state index in [9.17, 15) is 9.18 Å². The van der Waals surface area contributed by atoms with Gasteiger partial charge in [0.1, 0.15) is 17.3 Å². The van der Waals surface area contributed by atoms with Gasteiger partial charge in [-0.1, -0.05) is 6.58 Å². The number of hydrogen-bond donors (Lipinski definition) is 0. The minimum absolute atomic E-state index is 0.186. The Kier molecular flexibility index (Phi) is 4.60. The summed E-state index contributed by atoms with van der Waals surface area (Å²) in [6, 6.07) is 4.60. The molecule has 0 saturated heterocycles. The van der Waals surface area contributed by atoms with Crippen LogP contribution in [0.3, 0.4) is 0 Å². The van der Waals surface area contributed by atoms with Crippen LogP contribution in [0.1, 0.15) is 16.3 Å². The van der Waals surface area contributed by atoms with E-state index in [1.807, 2.05) is 0 Å². The van der Waals surface area contributed by atoms with Gasteiger partial charge in [-0.3, -0.25) is 14.5 Å². The summed E-state index contributed by atoms with van der Waals surface area (Å²) in [5.41, 5.74) is 1.28. The summed E-state index contributed by atoms with van der Waals surface area (Å²) in [6.07, 6.45) is 7.22. The summed E-state index contributed by atoms with van der Waals surface area (Å²) in [5, 5.41) is 4.26. The van der Waals surface area contributed by atoms with E-state index in [1.165, 1.54) is 28.0 Å². The third kappa shape index (κ3) is 3.57. The zero-order chi connectivity index (χ0) is 17.8. The predicted octanol–water partition coefficient (Wildman–Crippen LogP) is 2.20. The molecule has 25 heavy (non-hydrogen) atoms. The zero-order valence-corrected chi connectivity index (χ0v) is 13.5. The minimum Gasteiger partial charge on any atom is -0.307 e. The maximum absolute atomic E-state index is 13.3. The van der Waals surface area contributed by atoms with Crippen LogP contribution < -0.4 is 0 Å². The lowest BCUT2D eigenvalue weighted by Gasteiger charge is -2.16. The van der Waals surface area contributed by atoms with Crippen LogP contribution in [0.5, 0.6) is 0 Å². The van der Waals surface area contributed by atoms with Gasteiger partial charge in [0.25, 0.3) is 5.91 Å². The van der Waals surface area contributed by atoms with Crippen LogP contribution in [0, 0.1) is 5.82 Å². The topological polar surface area (TPSA) is 76.8 Å². The number of pyridine rings is 1. The molecule has 0 N–H and O–H groups in total. The van der Waals surface area contributed by atoms with E-state index in [2.05, 4.69) is 26.6 Å². The molecule has 0 spiro atoms. The molecule has 8 heteroatoms. The third-order valence-electron chi connectivity index (χ3n) is 3.51. The number of halogens is 1. The monoisotopic (exact) mass is 338 g/mol. The van der Waals surface area contributed by atoms with Crippen molar-refractivity contribution in [1.29, 1.82) is 0 Å². The lowest BCUT2D eigenvalue weighted by atomic mass is 10.2. The Balaban J connectivity index is 1.87. The number of aryl methyl sites for hydroxylation is 1. The number of rotatable bonds is 5. The maximum Gasteiger partial charge on any atom is 0.276 e. The maximum atomic E-state index is 13.3. The van der Waals surface area contributed by atoms with Gasteiger partial charge in [0, 0.05) is 37.4 Å². The molecule has 0 aliphatic carbocycles. The van der Waals surface area contributed by atoms with Crippen LogP contribution >= 0.6 is 0 Å². The minimum atomic E-state index is -0.468. The summed E-state index contributed by atoms with van der Waals surface area (Å²) in [5.74, 6) is -0.287. The zero-order valence-electron chi connectivity index (χ0n) is 13.5. The van der Waals surface area contributed by atoms with Crippen molar-refractivity contribution < 1.29 is 9.18 Å². The van der Waals surface area contributed by atoms with Crippen molar-refractivity contribution >= 4 is 5.91 Å². The normalized spacial score (nSPS) is 10.5. The molecule has 0 atom stereocenters. The first-order chi connectivity index (χ1) is 12.1. The molecule has 3 heterocycles. The fraction of sp³-hybridized carbons (Fsp3) is 0.118. The Morgan fingerprint density at radius 3 is 2.76 bits per heavy atom. The average molecular weight is 338 g/mol. The first kappa shape index (κ1) is 16.4. The van der Waals surface area contributed by atoms with Crippen molar-refractivity contribution in [2.24, 2.45) is 7.05 Å². The van der Waals surface area contributed by atoms with Crippen LogP contribution in [0.25, 0.3) is 11.3 Å². The first-order valence-corrected chi connectivity index (χ1v) is 7.43. The highest BCUT2D eigenvalue weighted by molar-refractivity contribution is 5.94. The number of nitrogens with zero attached hydrogens (tertiary/aromatic N) is 6. The van der Waals surface area contributed by atoms with E-state index in [1.54, 1.807) is 31.6 Å². The van der Waals surface area contributed by atoms with Crippen LogP contribution in [0.15, 0.2) is 55.8 Å². The summed E-state index contributed by atoms with van der Waals surface area (Å²) in [4.78, 5) is 26.2. The van der Waals surface area contributed by atoms with Crippen LogP contribution in [-0.4, -0.2) is 35.5 Å². The molecule has 0 fully saturated rings. The number of carbonyl (C=O) groups is 1. The Labute approximate surface area is 143 Å². The third-order valence-corrected chi connectivity index (χ3v) is 3.51. The molecule has 0 aromatic carbocycles. The number of carbonyl (C=O) groups excluding carboxylic acids is 1. The molecule has 3 aromatic heterocycles. The predicted molar refractivity (Wildman–Crippen MR) is 88.5 cm³/mol.